The number of ether oxygens (including phenoxy) is 1. The van der Waals surface area contributed by atoms with Crippen LogP contribution in [0.4, 0.5) is 0 Å². The van der Waals surface area contributed by atoms with Gasteiger partial charge in [0, 0.05) is 23.9 Å². The molecule has 0 amide bonds. The Kier molecular flexibility index (Phi) is 3.92. The maximum atomic E-state index is 8.92. The van der Waals surface area contributed by atoms with Gasteiger partial charge in [0.15, 0.2) is 0 Å². The summed E-state index contributed by atoms with van der Waals surface area (Å²) in [5.41, 5.74) is 3.10. The molecule has 1 saturated carbocycles. The van der Waals surface area contributed by atoms with Crippen molar-refractivity contribution in [2.75, 3.05) is 7.11 Å². The molecule has 108 valence electrons. The number of benzene rings is 1. The number of hydrogen-bond donors (Lipinski definition) is 0. The summed E-state index contributed by atoms with van der Waals surface area (Å²) in [4.78, 5) is 0. The van der Waals surface area contributed by atoms with E-state index < -0.39 is 0 Å². The van der Waals surface area contributed by atoms with Gasteiger partial charge in [0.05, 0.1) is 25.8 Å². The molecule has 4 nitrogen and oxygen atoms in total. The van der Waals surface area contributed by atoms with Crippen molar-refractivity contribution in [3.8, 4) is 22.9 Å². The highest BCUT2D eigenvalue weighted by Gasteiger charge is 2.18. The Morgan fingerprint density at radius 3 is 2.90 bits per heavy atom. The van der Waals surface area contributed by atoms with Crippen LogP contribution in [-0.2, 0) is 13.0 Å². The number of nitriles is 1. The Balaban J connectivity index is 1.82. The van der Waals surface area contributed by atoms with E-state index in [0.717, 1.165) is 34.9 Å². The number of hydrogen-bond acceptors (Lipinski definition) is 3. The van der Waals surface area contributed by atoms with Crippen LogP contribution in [0.1, 0.15) is 24.8 Å². The van der Waals surface area contributed by atoms with Gasteiger partial charge >= 0.3 is 0 Å². The molecule has 0 radical (unpaired) electrons. The van der Waals surface area contributed by atoms with Crippen LogP contribution in [-0.4, -0.2) is 16.9 Å². The first-order valence-corrected chi connectivity index (χ1v) is 7.37. The molecular formula is C17H19N3O. The Morgan fingerprint density at radius 1 is 1.38 bits per heavy atom. The highest BCUT2D eigenvalue weighted by Crippen LogP contribution is 2.29. The van der Waals surface area contributed by atoms with Crippen LogP contribution >= 0.6 is 0 Å². The first kappa shape index (κ1) is 13.7. The van der Waals surface area contributed by atoms with Gasteiger partial charge in [-0.3, -0.25) is 4.68 Å². The van der Waals surface area contributed by atoms with Gasteiger partial charge in [-0.05, 0) is 36.5 Å². The predicted molar refractivity (Wildman–Crippen MR) is 80.9 cm³/mol. The highest BCUT2D eigenvalue weighted by atomic mass is 16.5. The van der Waals surface area contributed by atoms with Gasteiger partial charge in [0.1, 0.15) is 5.75 Å². The molecule has 2 aromatic rings. The summed E-state index contributed by atoms with van der Waals surface area (Å²) in [7, 11) is 1.63. The second-order valence-electron chi connectivity index (χ2n) is 5.61. The molecule has 0 bridgehead atoms. The van der Waals surface area contributed by atoms with E-state index in [2.05, 4.69) is 17.4 Å². The van der Waals surface area contributed by atoms with Gasteiger partial charge in [-0.2, -0.15) is 10.4 Å². The average molecular weight is 281 g/mol. The van der Waals surface area contributed by atoms with Crippen LogP contribution in [0.3, 0.4) is 0 Å². The minimum atomic E-state index is 0.354. The fourth-order valence-electron chi connectivity index (χ4n) is 2.73. The van der Waals surface area contributed by atoms with Gasteiger partial charge in [0.25, 0.3) is 0 Å². The number of methoxy groups -OCH3 is 1. The van der Waals surface area contributed by atoms with Gasteiger partial charge in [0.2, 0.25) is 0 Å². The van der Waals surface area contributed by atoms with Crippen LogP contribution in [0.15, 0.2) is 30.6 Å². The summed E-state index contributed by atoms with van der Waals surface area (Å²) in [5, 5.41) is 13.4. The molecule has 0 N–H and O–H groups in total. The number of nitrogens with zero attached hydrogens (tertiary/aromatic N) is 3. The molecule has 3 rings (SSSR count). The van der Waals surface area contributed by atoms with Crippen molar-refractivity contribution in [1.82, 2.24) is 9.78 Å². The third-order valence-electron chi connectivity index (χ3n) is 4.19. The van der Waals surface area contributed by atoms with E-state index in [1.54, 1.807) is 7.11 Å². The van der Waals surface area contributed by atoms with Crippen molar-refractivity contribution < 1.29 is 4.74 Å². The van der Waals surface area contributed by atoms with Crippen LogP contribution in [0.5, 0.6) is 5.75 Å². The molecule has 0 atom stereocenters. The molecule has 0 unspecified atom stereocenters. The van der Waals surface area contributed by atoms with Gasteiger partial charge < -0.3 is 4.74 Å². The lowest BCUT2D eigenvalue weighted by atomic mass is 9.85. The van der Waals surface area contributed by atoms with E-state index in [1.807, 2.05) is 29.1 Å². The molecule has 21 heavy (non-hydrogen) atoms. The number of rotatable bonds is 5. The van der Waals surface area contributed by atoms with Crippen molar-refractivity contribution >= 4 is 0 Å². The lowest BCUT2D eigenvalue weighted by Crippen LogP contribution is -2.18. The van der Waals surface area contributed by atoms with Gasteiger partial charge in [-0.25, -0.2) is 0 Å². The van der Waals surface area contributed by atoms with Crippen LogP contribution in [0.25, 0.3) is 11.1 Å². The molecule has 0 aliphatic heterocycles. The fraction of sp³-hybridized carbons (Fsp3) is 0.412. The summed E-state index contributed by atoms with van der Waals surface area (Å²) in [5.74, 6) is 1.56. The van der Waals surface area contributed by atoms with E-state index in [9.17, 15) is 0 Å². The lowest BCUT2D eigenvalue weighted by Gasteiger charge is -2.24. The second kappa shape index (κ2) is 6.01. The zero-order valence-electron chi connectivity index (χ0n) is 12.2. The molecule has 4 heteroatoms. The lowest BCUT2D eigenvalue weighted by molar-refractivity contribution is 0.266. The second-order valence-corrected chi connectivity index (χ2v) is 5.61. The monoisotopic (exact) mass is 281 g/mol. The minimum Gasteiger partial charge on any atom is -0.496 e. The van der Waals surface area contributed by atoms with Crippen LogP contribution in [0, 0.1) is 17.2 Å². The molecule has 0 spiro atoms. The van der Waals surface area contributed by atoms with E-state index in [0.29, 0.717) is 6.42 Å². The molecule has 1 fully saturated rings. The van der Waals surface area contributed by atoms with Crippen LogP contribution in [0.2, 0.25) is 0 Å². The third kappa shape index (κ3) is 2.92. The van der Waals surface area contributed by atoms with Crippen molar-refractivity contribution in [1.29, 1.82) is 5.26 Å². The minimum absolute atomic E-state index is 0.354. The predicted octanol–water partition coefficient (Wildman–Crippen LogP) is 3.42. The summed E-state index contributed by atoms with van der Waals surface area (Å²) in [6.07, 6.45) is 8.35. The van der Waals surface area contributed by atoms with E-state index in [4.69, 9.17) is 10.00 Å². The standard InChI is InChI=1S/C17H19N3O/c1-21-17-6-5-14(9-15(17)7-8-18)16-10-19-20(12-16)11-13-3-2-4-13/h5-6,9-10,12-13H,2-4,7,11H2,1H3. The first-order chi connectivity index (χ1) is 10.3. The topological polar surface area (TPSA) is 50.8 Å². The van der Waals surface area contributed by atoms with E-state index in [-0.39, 0.29) is 0 Å². The molecule has 1 aliphatic rings. The Labute approximate surface area is 125 Å². The number of aromatic nitrogens is 2. The average Bonchev–Trinajstić information content (AvgIpc) is 2.92. The molecule has 0 saturated heterocycles. The van der Waals surface area contributed by atoms with E-state index >= 15 is 0 Å². The first-order valence-electron chi connectivity index (χ1n) is 7.37. The summed E-state index contributed by atoms with van der Waals surface area (Å²) >= 11 is 0. The normalized spacial score (nSPS) is 14.5. The summed E-state index contributed by atoms with van der Waals surface area (Å²) < 4.78 is 7.33. The van der Waals surface area contributed by atoms with E-state index in [1.165, 1.54) is 19.3 Å². The molecule has 1 aromatic heterocycles. The largest absolute Gasteiger partial charge is 0.496 e. The maximum Gasteiger partial charge on any atom is 0.123 e. The quantitative estimate of drug-likeness (QED) is 0.843. The van der Waals surface area contributed by atoms with Crippen molar-refractivity contribution in [3.63, 3.8) is 0 Å². The zero-order valence-corrected chi connectivity index (χ0v) is 12.2. The van der Waals surface area contributed by atoms with Crippen molar-refractivity contribution in [2.45, 2.75) is 32.2 Å². The molecular weight excluding hydrogens is 262 g/mol. The van der Waals surface area contributed by atoms with Gasteiger partial charge in [-0.15, -0.1) is 0 Å². The molecule has 1 aromatic carbocycles. The summed E-state index contributed by atoms with van der Waals surface area (Å²) in [6.45, 7) is 1.02. The van der Waals surface area contributed by atoms with Crippen LogP contribution < -0.4 is 4.74 Å². The Bertz CT molecular complexity index is 665. The van der Waals surface area contributed by atoms with Crippen molar-refractivity contribution in [3.05, 3.63) is 36.2 Å². The Hall–Kier alpha value is -2.28. The SMILES string of the molecule is COc1ccc(-c2cnn(CC3CCC3)c2)cc1CC#N. The highest BCUT2D eigenvalue weighted by molar-refractivity contribution is 5.64. The summed E-state index contributed by atoms with van der Waals surface area (Å²) in [6, 6.07) is 8.14. The van der Waals surface area contributed by atoms with Crippen molar-refractivity contribution in [2.24, 2.45) is 5.92 Å². The Morgan fingerprint density at radius 2 is 2.24 bits per heavy atom. The zero-order chi connectivity index (χ0) is 14.7. The maximum absolute atomic E-state index is 8.92. The molecule has 1 aliphatic carbocycles. The molecule has 1 heterocycles. The smallest absolute Gasteiger partial charge is 0.123 e. The third-order valence-corrected chi connectivity index (χ3v) is 4.19. The van der Waals surface area contributed by atoms with Gasteiger partial charge in [-0.1, -0.05) is 12.5 Å². The fourth-order valence-corrected chi connectivity index (χ4v) is 2.73.